The van der Waals surface area contributed by atoms with Gasteiger partial charge in [-0.1, -0.05) is 18.2 Å². The van der Waals surface area contributed by atoms with Gasteiger partial charge in [0.25, 0.3) is 5.91 Å². The van der Waals surface area contributed by atoms with Crippen molar-refractivity contribution in [1.29, 1.82) is 0 Å². The van der Waals surface area contributed by atoms with E-state index in [2.05, 4.69) is 10.6 Å². The van der Waals surface area contributed by atoms with Crippen molar-refractivity contribution in [3.05, 3.63) is 35.4 Å². The van der Waals surface area contributed by atoms with E-state index in [1.807, 2.05) is 31.2 Å². The number of amides is 2. The zero-order valence-corrected chi connectivity index (χ0v) is 9.82. The third-order valence-corrected chi connectivity index (χ3v) is 2.99. The molecule has 1 aromatic carbocycles. The van der Waals surface area contributed by atoms with E-state index in [4.69, 9.17) is 0 Å². The van der Waals surface area contributed by atoms with Gasteiger partial charge < -0.3 is 10.6 Å². The van der Waals surface area contributed by atoms with Gasteiger partial charge in [-0.05, 0) is 25.0 Å². The van der Waals surface area contributed by atoms with Gasteiger partial charge in [-0.15, -0.1) is 0 Å². The third-order valence-electron chi connectivity index (χ3n) is 2.99. The molecular weight excluding hydrogens is 216 g/mol. The van der Waals surface area contributed by atoms with Crippen molar-refractivity contribution in [1.82, 2.24) is 10.6 Å². The first-order valence-corrected chi connectivity index (χ1v) is 5.80. The van der Waals surface area contributed by atoms with E-state index in [0.717, 1.165) is 5.56 Å². The number of nitrogens with one attached hydrogen (secondary N) is 2. The normalized spacial score (nSPS) is 19.6. The maximum atomic E-state index is 12.0. The van der Waals surface area contributed by atoms with Crippen LogP contribution < -0.4 is 10.6 Å². The summed E-state index contributed by atoms with van der Waals surface area (Å²) in [6, 6.07) is 7.53. The summed E-state index contributed by atoms with van der Waals surface area (Å²) >= 11 is 0. The lowest BCUT2D eigenvalue weighted by Crippen LogP contribution is -2.47. The highest BCUT2D eigenvalue weighted by molar-refractivity contribution is 5.95. The van der Waals surface area contributed by atoms with Crippen molar-refractivity contribution >= 4 is 11.8 Å². The molecule has 0 aromatic heterocycles. The van der Waals surface area contributed by atoms with Crippen molar-refractivity contribution in [2.45, 2.75) is 25.8 Å². The predicted molar refractivity (Wildman–Crippen MR) is 64.7 cm³/mol. The molecule has 0 bridgehead atoms. The van der Waals surface area contributed by atoms with Gasteiger partial charge in [-0.3, -0.25) is 9.59 Å². The van der Waals surface area contributed by atoms with Crippen LogP contribution in [0.5, 0.6) is 0 Å². The van der Waals surface area contributed by atoms with Gasteiger partial charge in [0.05, 0.1) is 0 Å². The van der Waals surface area contributed by atoms with Crippen LogP contribution in [0, 0.1) is 6.92 Å². The van der Waals surface area contributed by atoms with Gasteiger partial charge in [0, 0.05) is 24.6 Å². The SMILES string of the molecule is Cc1ccccc1C(=O)N[C@H]1CCC(=O)NC1. The minimum Gasteiger partial charge on any atom is -0.354 e. The summed E-state index contributed by atoms with van der Waals surface area (Å²) in [5.41, 5.74) is 1.66. The van der Waals surface area contributed by atoms with Crippen LogP contribution in [-0.4, -0.2) is 24.4 Å². The number of rotatable bonds is 2. The van der Waals surface area contributed by atoms with Gasteiger partial charge in [-0.25, -0.2) is 0 Å². The quantitative estimate of drug-likeness (QED) is 0.799. The molecule has 2 amide bonds. The van der Waals surface area contributed by atoms with Crippen molar-refractivity contribution in [3.63, 3.8) is 0 Å². The molecule has 1 saturated heterocycles. The van der Waals surface area contributed by atoms with Gasteiger partial charge in [-0.2, -0.15) is 0 Å². The molecule has 4 nitrogen and oxygen atoms in total. The van der Waals surface area contributed by atoms with E-state index in [1.165, 1.54) is 0 Å². The van der Waals surface area contributed by atoms with Gasteiger partial charge in [0.15, 0.2) is 0 Å². The van der Waals surface area contributed by atoms with Crippen LogP contribution in [-0.2, 0) is 4.79 Å². The number of aryl methyl sites for hydroxylation is 1. The molecule has 1 aliphatic heterocycles. The number of hydrogen-bond acceptors (Lipinski definition) is 2. The van der Waals surface area contributed by atoms with Crippen LogP contribution in [0.4, 0.5) is 0 Å². The lowest BCUT2D eigenvalue weighted by atomic mass is 10.0. The highest BCUT2D eigenvalue weighted by atomic mass is 16.2. The molecule has 2 N–H and O–H groups in total. The zero-order valence-electron chi connectivity index (χ0n) is 9.82. The van der Waals surface area contributed by atoms with Crippen molar-refractivity contribution in [2.75, 3.05) is 6.54 Å². The van der Waals surface area contributed by atoms with E-state index in [-0.39, 0.29) is 17.9 Å². The maximum absolute atomic E-state index is 12.0. The average molecular weight is 232 g/mol. The molecule has 2 rings (SSSR count). The van der Waals surface area contributed by atoms with Crippen LogP contribution in [0.3, 0.4) is 0 Å². The van der Waals surface area contributed by atoms with Gasteiger partial charge >= 0.3 is 0 Å². The molecule has 1 aromatic rings. The molecule has 1 atom stereocenters. The fraction of sp³-hybridized carbons (Fsp3) is 0.385. The second kappa shape index (κ2) is 4.99. The van der Waals surface area contributed by atoms with Gasteiger partial charge in [0.1, 0.15) is 0 Å². The fourth-order valence-corrected chi connectivity index (χ4v) is 1.95. The highest BCUT2D eigenvalue weighted by Crippen LogP contribution is 2.09. The summed E-state index contributed by atoms with van der Waals surface area (Å²) in [5.74, 6) is -0.00404. The molecule has 0 saturated carbocycles. The Labute approximate surface area is 100 Å². The lowest BCUT2D eigenvalue weighted by molar-refractivity contribution is -0.122. The summed E-state index contributed by atoms with van der Waals surface area (Å²) in [4.78, 5) is 23.0. The molecule has 0 radical (unpaired) electrons. The molecule has 0 unspecified atom stereocenters. The summed E-state index contributed by atoms with van der Waals surface area (Å²) in [6.45, 7) is 2.44. The monoisotopic (exact) mass is 232 g/mol. The second-order valence-electron chi connectivity index (χ2n) is 4.33. The minimum atomic E-state index is -0.0655. The molecular formula is C13H16N2O2. The Morgan fingerprint density at radius 2 is 2.18 bits per heavy atom. The van der Waals surface area contributed by atoms with Crippen LogP contribution in [0.1, 0.15) is 28.8 Å². The second-order valence-corrected chi connectivity index (χ2v) is 4.33. The lowest BCUT2D eigenvalue weighted by Gasteiger charge is -2.23. The third kappa shape index (κ3) is 2.84. The van der Waals surface area contributed by atoms with E-state index < -0.39 is 0 Å². The topological polar surface area (TPSA) is 58.2 Å². The molecule has 1 heterocycles. The largest absolute Gasteiger partial charge is 0.354 e. The summed E-state index contributed by atoms with van der Waals surface area (Å²) in [6.07, 6.45) is 1.20. The molecule has 4 heteroatoms. The molecule has 1 fully saturated rings. The highest BCUT2D eigenvalue weighted by Gasteiger charge is 2.20. The molecule has 90 valence electrons. The van der Waals surface area contributed by atoms with E-state index >= 15 is 0 Å². The van der Waals surface area contributed by atoms with Crippen LogP contribution in [0.15, 0.2) is 24.3 Å². The smallest absolute Gasteiger partial charge is 0.251 e. The summed E-state index contributed by atoms with van der Waals surface area (Å²) in [7, 11) is 0. The molecule has 0 aliphatic carbocycles. The Kier molecular flexibility index (Phi) is 3.42. The average Bonchev–Trinajstić information content (AvgIpc) is 2.32. The number of carbonyl (C=O) groups is 2. The Balaban J connectivity index is 1.98. The Hall–Kier alpha value is -1.84. The van der Waals surface area contributed by atoms with Crippen molar-refractivity contribution in [3.8, 4) is 0 Å². The van der Waals surface area contributed by atoms with Crippen LogP contribution in [0.2, 0.25) is 0 Å². The first kappa shape index (κ1) is 11.6. The zero-order chi connectivity index (χ0) is 12.3. The van der Waals surface area contributed by atoms with Crippen LogP contribution >= 0.6 is 0 Å². The Morgan fingerprint density at radius 3 is 2.82 bits per heavy atom. The number of benzene rings is 1. The number of piperidine rings is 1. The predicted octanol–water partition coefficient (Wildman–Crippen LogP) is 1.00. The van der Waals surface area contributed by atoms with Gasteiger partial charge in [0.2, 0.25) is 5.91 Å². The van der Waals surface area contributed by atoms with Crippen molar-refractivity contribution in [2.24, 2.45) is 0 Å². The van der Waals surface area contributed by atoms with E-state index in [0.29, 0.717) is 24.9 Å². The Morgan fingerprint density at radius 1 is 1.41 bits per heavy atom. The Bertz CT molecular complexity index is 433. The molecule has 0 spiro atoms. The number of carbonyl (C=O) groups excluding carboxylic acids is 2. The number of hydrogen-bond donors (Lipinski definition) is 2. The van der Waals surface area contributed by atoms with Crippen LogP contribution in [0.25, 0.3) is 0 Å². The van der Waals surface area contributed by atoms with E-state index in [9.17, 15) is 9.59 Å². The summed E-state index contributed by atoms with van der Waals surface area (Å²) in [5, 5.41) is 5.69. The molecule has 17 heavy (non-hydrogen) atoms. The first-order chi connectivity index (χ1) is 8.16. The first-order valence-electron chi connectivity index (χ1n) is 5.80. The molecule has 1 aliphatic rings. The summed E-state index contributed by atoms with van der Waals surface area (Å²) < 4.78 is 0. The van der Waals surface area contributed by atoms with E-state index in [1.54, 1.807) is 0 Å². The van der Waals surface area contributed by atoms with Crippen molar-refractivity contribution < 1.29 is 9.59 Å². The maximum Gasteiger partial charge on any atom is 0.251 e. The fourth-order valence-electron chi connectivity index (χ4n) is 1.95. The standard InChI is InChI=1S/C13H16N2O2/c1-9-4-2-3-5-11(9)13(17)15-10-6-7-12(16)14-8-10/h2-5,10H,6-8H2,1H3,(H,14,16)(H,15,17)/t10-/m0/s1. The minimum absolute atomic E-state index is 0.0415.